The molecule has 1 unspecified atom stereocenters. The number of aryl methyl sites for hydroxylation is 1. The van der Waals surface area contributed by atoms with Crippen LogP contribution in [0.2, 0.25) is 0 Å². The van der Waals surface area contributed by atoms with Gasteiger partial charge in [-0.05, 0) is 55.1 Å². The number of nitrogens with one attached hydrogen (secondary N) is 2. The lowest BCUT2D eigenvalue weighted by Crippen LogP contribution is -2.52. The van der Waals surface area contributed by atoms with Crippen LogP contribution in [0.1, 0.15) is 81.8 Å². The molecular formula is C30H44N2O6. The summed E-state index contributed by atoms with van der Waals surface area (Å²) >= 11 is 0. The summed E-state index contributed by atoms with van der Waals surface area (Å²) in [7, 11) is 0. The Morgan fingerprint density at radius 3 is 2.42 bits per heavy atom. The maximum atomic E-state index is 13.3. The second-order valence-corrected chi connectivity index (χ2v) is 11.4. The van der Waals surface area contributed by atoms with Crippen LogP contribution in [-0.2, 0) is 32.0 Å². The number of hydrogen-bond donors (Lipinski definition) is 4. The van der Waals surface area contributed by atoms with E-state index >= 15 is 0 Å². The van der Waals surface area contributed by atoms with Gasteiger partial charge in [0.1, 0.15) is 6.04 Å². The molecule has 2 aliphatic heterocycles. The molecule has 0 spiro atoms. The van der Waals surface area contributed by atoms with Crippen LogP contribution in [0.3, 0.4) is 0 Å². The smallest absolute Gasteiger partial charge is 0.307 e. The zero-order valence-electron chi connectivity index (χ0n) is 22.4. The lowest BCUT2D eigenvalue weighted by atomic mass is 9.75. The summed E-state index contributed by atoms with van der Waals surface area (Å²) in [4.78, 5) is 37.3. The van der Waals surface area contributed by atoms with E-state index in [-0.39, 0.29) is 42.3 Å². The van der Waals surface area contributed by atoms with E-state index in [1.165, 1.54) is 38.5 Å². The lowest BCUT2D eigenvalue weighted by Gasteiger charge is -2.28. The number of benzene rings is 1. The Hall–Kier alpha value is -2.45. The fourth-order valence-electron chi connectivity index (χ4n) is 6.79. The third-order valence-electron chi connectivity index (χ3n) is 8.81. The molecule has 2 saturated heterocycles. The van der Waals surface area contributed by atoms with Gasteiger partial charge < -0.3 is 25.6 Å². The van der Waals surface area contributed by atoms with Crippen molar-refractivity contribution in [2.45, 2.75) is 102 Å². The van der Waals surface area contributed by atoms with Crippen LogP contribution < -0.4 is 10.6 Å². The second-order valence-electron chi connectivity index (χ2n) is 11.4. The lowest BCUT2D eigenvalue weighted by molar-refractivity contribution is -0.136. The molecule has 8 nitrogen and oxygen atoms in total. The van der Waals surface area contributed by atoms with Crippen LogP contribution in [0.15, 0.2) is 24.3 Å². The highest BCUT2D eigenvalue weighted by atomic mass is 16.5. The Morgan fingerprint density at radius 1 is 0.947 bits per heavy atom. The predicted octanol–water partition coefficient (Wildman–Crippen LogP) is 3.38. The summed E-state index contributed by atoms with van der Waals surface area (Å²) in [5.41, 5.74) is 1.77. The highest BCUT2D eigenvalue weighted by Gasteiger charge is 2.52. The molecule has 5 atom stereocenters. The molecule has 2 amide bonds. The van der Waals surface area contributed by atoms with Gasteiger partial charge in [0.25, 0.3) is 0 Å². The van der Waals surface area contributed by atoms with E-state index in [0.717, 1.165) is 42.7 Å². The molecular weight excluding hydrogens is 484 g/mol. The largest absolute Gasteiger partial charge is 0.481 e. The highest BCUT2D eigenvalue weighted by molar-refractivity contribution is 5.89. The van der Waals surface area contributed by atoms with E-state index in [1.807, 2.05) is 24.3 Å². The normalized spacial score (nSPS) is 25.7. The third-order valence-corrected chi connectivity index (χ3v) is 8.81. The molecule has 0 radical (unpaired) electrons. The van der Waals surface area contributed by atoms with Gasteiger partial charge in [-0.25, -0.2) is 0 Å². The predicted molar refractivity (Wildman–Crippen MR) is 143 cm³/mol. The van der Waals surface area contributed by atoms with Crippen LogP contribution in [0.5, 0.6) is 0 Å². The summed E-state index contributed by atoms with van der Waals surface area (Å²) in [6.07, 6.45) is 12.8. The number of unbranched alkanes of at least 4 members (excludes halogenated alkanes) is 1. The van der Waals surface area contributed by atoms with Gasteiger partial charge in [-0.15, -0.1) is 0 Å². The van der Waals surface area contributed by atoms with Crippen LogP contribution in [0.4, 0.5) is 0 Å². The Balaban J connectivity index is 1.26. The van der Waals surface area contributed by atoms with Crippen molar-refractivity contribution < 1.29 is 29.3 Å². The minimum absolute atomic E-state index is 0.00572. The number of rotatable bonds is 14. The number of aliphatic hydroxyl groups is 1. The fourth-order valence-corrected chi connectivity index (χ4v) is 6.79. The Kier molecular flexibility index (Phi) is 10.6. The quantitative estimate of drug-likeness (QED) is 0.274. The number of amides is 2. The van der Waals surface area contributed by atoms with Crippen molar-refractivity contribution in [2.24, 2.45) is 17.8 Å². The number of carbonyl (C=O) groups excluding carboxylic acids is 2. The Labute approximate surface area is 225 Å². The molecule has 1 saturated carbocycles. The molecule has 1 aromatic rings. The number of ether oxygens (including phenoxy) is 1. The van der Waals surface area contributed by atoms with E-state index in [4.69, 9.17) is 4.74 Å². The van der Waals surface area contributed by atoms with Crippen LogP contribution in [0.25, 0.3) is 0 Å². The van der Waals surface area contributed by atoms with Gasteiger partial charge in [0, 0.05) is 6.54 Å². The minimum Gasteiger partial charge on any atom is -0.481 e. The van der Waals surface area contributed by atoms with Crippen molar-refractivity contribution in [3.8, 4) is 0 Å². The van der Waals surface area contributed by atoms with E-state index < -0.39 is 18.6 Å². The molecule has 0 aromatic heterocycles. The maximum Gasteiger partial charge on any atom is 0.307 e. The van der Waals surface area contributed by atoms with Gasteiger partial charge in [-0.1, -0.05) is 69.2 Å². The van der Waals surface area contributed by atoms with E-state index in [1.54, 1.807) is 0 Å². The number of fused-ring (bicyclic) bond motifs is 2. The molecule has 38 heavy (non-hydrogen) atoms. The topological polar surface area (TPSA) is 125 Å². The summed E-state index contributed by atoms with van der Waals surface area (Å²) < 4.78 is 6.10. The first-order valence-electron chi connectivity index (χ1n) is 14.6. The van der Waals surface area contributed by atoms with Gasteiger partial charge >= 0.3 is 5.97 Å². The summed E-state index contributed by atoms with van der Waals surface area (Å²) in [5, 5.41) is 24.8. The van der Waals surface area contributed by atoms with E-state index in [0.29, 0.717) is 19.4 Å². The van der Waals surface area contributed by atoms with E-state index in [2.05, 4.69) is 10.6 Å². The molecule has 2 bridgehead atoms. The zero-order valence-corrected chi connectivity index (χ0v) is 22.4. The first-order valence-corrected chi connectivity index (χ1v) is 14.6. The van der Waals surface area contributed by atoms with Gasteiger partial charge in [-0.3, -0.25) is 14.4 Å². The molecule has 3 aliphatic rings. The van der Waals surface area contributed by atoms with Crippen molar-refractivity contribution in [1.82, 2.24) is 10.6 Å². The van der Waals surface area contributed by atoms with Gasteiger partial charge in [0.2, 0.25) is 11.8 Å². The van der Waals surface area contributed by atoms with Crippen molar-refractivity contribution in [3.63, 3.8) is 0 Å². The van der Waals surface area contributed by atoms with Crippen molar-refractivity contribution >= 4 is 17.8 Å². The molecule has 1 aromatic carbocycles. The number of carbonyl (C=O) groups is 3. The standard InChI is InChI=1S/C30H44N2O6/c33-19-24(29(36)31-17-7-6-10-20-8-2-1-3-9-20)32-30(37)28-23(25-15-16-26(28)38-25)14-13-21-11-4-5-12-22(21)18-27(34)35/h4-5,11-12,20,23-26,28,33H,1-3,6-10,13-19H2,(H,31,36)(H,32,37)(H,34,35)/t23-,24?,25-,26+,28-/m1/s1. The number of hydrogen-bond acceptors (Lipinski definition) is 5. The molecule has 2 heterocycles. The average Bonchev–Trinajstić information content (AvgIpc) is 3.53. The second kappa shape index (κ2) is 14.1. The number of carboxylic acids is 1. The van der Waals surface area contributed by atoms with Crippen LogP contribution in [-0.4, -0.2) is 59.4 Å². The van der Waals surface area contributed by atoms with Crippen molar-refractivity contribution in [2.75, 3.05) is 13.2 Å². The molecule has 4 N–H and O–H groups in total. The van der Waals surface area contributed by atoms with Crippen LogP contribution in [0, 0.1) is 17.8 Å². The monoisotopic (exact) mass is 528 g/mol. The summed E-state index contributed by atoms with van der Waals surface area (Å²) in [5.74, 6) is -1.01. The molecule has 4 rings (SSSR count). The third kappa shape index (κ3) is 7.56. The first-order chi connectivity index (χ1) is 18.5. The van der Waals surface area contributed by atoms with Gasteiger partial charge in [0.15, 0.2) is 0 Å². The number of carboxylic acid groups (broad SMARTS) is 1. The molecule has 8 heteroatoms. The Bertz CT molecular complexity index is 946. The Morgan fingerprint density at radius 2 is 1.68 bits per heavy atom. The molecule has 1 aliphatic carbocycles. The fraction of sp³-hybridized carbons (Fsp3) is 0.700. The molecule has 3 fully saturated rings. The van der Waals surface area contributed by atoms with Crippen molar-refractivity contribution in [3.05, 3.63) is 35.4 Å². The first kappa shape index (κ1) is 28.6. The highest BCUT2D eigenvalue weighted by Crippen LogP contribution is 2.45. The van der Waals surface area contributed by atoms with Crippen LogP contribution >= 0.6 is 0 Å². The summed E-state index contributed by atoms with van der Waals surface area (Å²) in [6, 6.07) is 6.56. The average molecular weight is 529 g/mol. The van der Waals surface area contributed by atoms with Crippen molar-refractivity contribution in [1.29, 1.82) is 0 Å². The van der Waals surface area contributed by atoms with E-state index in [9.17, 15) is 24.6 Å². The zero-order chi connectivity index (χ0) is 26.9. The van der Waals surface area contributed by atoms with Gasteiger partial charge in [-0.2, -0.15) is 0 Å². The SMILES string of the molecule is O=C(O)Cc1ccccc1CC[C@H]1[C@@H](C(=O)NC(CO)C(=O)NCCCCC2CCCCC2)[C@@H]2CC[C@H]1O2. The summed E-state index contributed by atoms with van der Waals surface area (Å²) in [6.45, 7) is 0.0993. The number of aliphatic hydroxyl groups excluding tert-OH is 1. The minimum atomic E-state index is -0.975. The van der Waals surface area contributed by atoms with Gasteiger partial charge in [0.05, 0.1) is 31.2 Å². The molecule has 210 valence electrons. The maximum absolute atomic E-state index is 13.3. The number of aliphatic carboxylic acids is 1.